The van der Waals surface area contributed by atoms with Crippen LogP contribution in [0.1, 0.15) is 27.7 Å². The molecule has 0 aromatic heterocycles. The first kappa shape index (κ1) is 10.7. The average molecular weight is 207 g/mol. The van der Waals surface area contributed by atoms with Crippen LogP contribution in [0, 0.1) is 11.3 Å². The molecule has 15 heavy (non-hydrogen) atoms. The lowest BCUT2D eigenvalue weighted by molar-refractivity contribution is 0.0902. The third kappa shape index (κ3) is 4.05. The molecule has 84 valence electrons. The number of benzene rings is 1. The lowest BCUT2D eigenvalue weighted by atomic mass is 9.78. The lowest BCUT2D eigenvalue weighted by Crippen LogP contribution is -2.26. The predicted molar refractivity (Wildman–Crippen MR) is 65.0 cm³/mol. The smallest absolute Gasteiger partial charge is 0.0498 e. The van der Waals surface area contributed by atoms with Gasteiger partial charge in [-0.25, -0.2) is 0 Å². The van der Waals surface area contributed by atoms with Gasteiger partial charge in [0.2, 0.25) is 0 Å². The van der Waals surface area contributed by atoms with Crippen molar-refractivity contribution in [2.45, 2.75) is 27.2 Å². The van der Waals surface area contributed by atoms with E-state index in [1.807, 2.05) is 30.3 Å². The molecule has 1 aromatic carbocycles. The first-order valence-electron chi connectivity index (χ1n) is 6.00. The fraction of sp³-hybridized carbons (Fsp3) is 0.571. The second-order valence-electron chi connectivity index (χ2n) is 5.01. The maximum absolute atomic E-state index is 8.35. The van der Waals surface area contributed by atoms with E-state index >= 15 is 0 Å². The fourth-order valence-corrected chi connectivity index (χ4v) is 1.52. The molecule has 0 fully saturated rings. The summed E-state index contributed by atoms with van der Waals surface area (Å²) in [7, 11) is 1.70. The topological polar surface area (TPSA) is 9.23 Å². The summed E-state index contributed by atoms with van der Waals surface area (Å²) in [6, 6.07) is 10.0. The van der Waals surface area contributed by atoms with Gasteiger partial charge < -0.3 is 4.74 Å². The Labute approximate surface area is 94.9 Å². The highest BCUT2D eigenvalue weighted by molar-refractivity contribution is 5.15. The minimum Gasteiger partial charge on any atom is -0.384 e. The van der Waals surface area contributed by atoms with Crippen molar-refractivity contribution in [3.8, 4) is 0 Å². The van der Waals surface area contributed by atoms with E-state index < -0.39 is 0 Å². The van der Waals surface area contributed by atoms with Gasteiger partial charge >= 0.3 is 0 Å². The van der Waals surface area contributed by atoms with Gasteiger partial charge in [-0.2, -0.15) is 0 Å². The van der Waals surface area contributed by atoms with Gasteiger partial charge in [-0.1, -0.05) is 51.1 Å². The zero-order valence-electron chi connectivity index (χ0n) is 11.2. The SMILES string of the molecule is [2H][C@@H](c1ccccc1)[C@@H](COC)C(C)(C)C. The first-order valence-corrected chi connectivity index (χ1v) is 5.43. The van der Waals surface area contributed by atoms with E-state index in [1.165, 1.54) is 0 Å². The van der Waals surface area contributed by atoms with Crippen molar-refractivity contribution >= 4 is 0 Å². The Balaban J connectivity index is 2.87. The summed E-state index contributed by atoms with van der Waals surface area (Å²) in [5.41, 5.74) is 1.15. The van der Waals surface area contributed by atoms with Gasteiger partial charge in [0.25, 0.3) is 0 Å². The van der Waals surface area contributed by atoms with Crippen LogP contribution in [0.4, 0.5) is 0 Å². The molecule has 0 saturated carbocycles. The minimum atomic E-state index is -0.221. The molecule has 1 nitrogen and oxygen atoms in total. The standard InChI is InChI=1S/C14H22O/c1-14(2,3)13(11-15-4)10-12-8-6-5-7-9-12/h5-9,13H,10-11H2,1-4H3/t13-/m0/s1/i10D/t10-,13-. The van der Waals surface area contributed by atoms with Crippen molar-refractivity contribution < 1.29 is 6.11 Å². The first-order chi connectivity index (χ1) is 7.46. The zero-order chi connectivity index (χ0) is 12.2. The normalized spacial score (nSPS) is 16.9. The molecule has 2 atom stereocenters. The van der Waals surface area contributed by atoms with Gasteiger partial charge in [0.15, 0.2) is 0 Å². The Bertz CT molecular complexity index is 302. The number of ether oxygens (including phenoxy) is 1. The molecule has 0 bridgehead atoms. The molecule has 0 aliphatic rings. The van der Waals surface area contributed by atoms with Gasteiger partial charge in [-0.05, 0) is 23.3 Å². The molecule has 0 amide bonds. The summed E-state index contributed by atoms with van der Waals surface area (Å²) in [5.74, 6) is 0.208. The van der Waals surface area contributed by atoms with Crippen LogP contribution in [-0.2, 0) is 11.1 Å². The van der Waals surface area contributed by atoms with E-state index in [1.54, 1.807) is 7.11 Å². The molecule has 0 heterocycles. The lowest BCUT2D eigenvalue weighted by Gasteiger charge is -2.30. The predicted octanol–water partition coefficient (Wildman–Crippen LogP) is 3.54. The third-order valence-electron chi connectivity index (χ3n) is 2.65. The molecule has 1 aromatic rings. The second kappa shape index (κ2) is 5.32. The maximum Gasteiger partial charge on any atom is 0.0498 e. The fourth-order valence-electron chi connectivity index (χ4n) is 1.52. The van der Waals surface area contributed by atoms with Crippen LogP contribution in [0.25, 0.3) is 0 Å². The third-order valence-corrected chi connectivity index (χ3v) is 2.65. The second-order valence-corrected chi connectivity index (χ2v) is 5.01. The summed E-state index contributed by atoms with van der Waals surface area (Å²) in [4.78, 5) is 0. The molecule has 0 radical (unpaired) electrons. The molecule has 0 N–H and O–H groups in total. The van der Waals surface area contributed by atoms with E-state index in [0.717, 1.165) is 5.56 Å². The van der Waals surface area contributed by atoms with Gasteiger partial charge in [-0.3, -0.25) is 0 Å². The number of methoxy groups -OCH3 is 1. The Morgan fingerprint density at radius 1 is 1.27 bits per heavy atom. The maximum atomic E-state index is 8.35. The average Bonchev–Trinajstić information content (AvgIpc) is 2.25. The van der Waals surface area contributed by atoms with E-state index in [-0.39, 0.29) is 17.7 Å². The Morgan fingerprint density at radius 2 is 1.87 bits per heavy atom. The molecule has 0 aliphatic carbocycles. The van der Waals surface area contributed by atoms with Gasteiger partial charge in [0, 0.05) is 15.1 Å². The summed E-state index contributed by atoms with van der Waals surface area (Å²) >= 11 is 0. The van der Waals surface area contributed by atoms with E-state index in [2.05, 4.69) is 20.8 Å². The van der Waals surface area contributed by atoms with Crippen LogP contribution in [-0.4, -0.2) is 13.7 Å². The van der Waals surface area contributed by atoms with Crippen LogP contribution in [0.15, 0.2) is 30.3 Å². The van der Waals surface area contributed by atoms with Crippen LogP contribution in [0.2, 0.25) is 0 Å². The van der Waals surface area contributed by atoms with Crippen molar-refractivity contribution in [2.24, 2.45) is 11.3 Å². The van der Waals surface area contributed by atoms with E-state index in [9.17, 15) is 0 Å². The summed E-state index contributed by atoms with van der Waals surface area (Å²) < 4.78 is 13.6. The molecule has 1 rings (SSSR count). The zero-order valence-corrected chi connectivity index (χ0v) is 10.2. The molecule has 0 unspecified atom stereocenters. The highest BCUT2D eigenvalue weighted by Gasteiger charge is 2.24. The molecular formula is C14H22O. The molecule has 0 saturated heterocycles. The van der Waals surface area contributed by atoms with E-state index in [0.29, 0.717) is 6.61 Å². The summed E-state index contributed by atoms with van der Waals surface area (Å²) in [6.07, 6.45) is -0.221. The van der Waals surface area contributed by atoms with Crippen molar-refractivity contribution in [1.29, 1.82) is 0 Å². The number of hydrogen-bond acceptors (Lipinski definition) is 1. The highest BCUT2D eigenvalue weighted by atomic mass is 16.5. The van der Waals surface area contributed by atoms with Crippen molar-refractivity contribution in [2.75, 3.05) is 13.7 Å². The summed E-state index contributed by atoms with van der Waals surface area (Å²) in [5, 5.41) is 0. The van der Waals surface area contributed by atoms with Crippen LogP contribution in [0.5, 0.6) is 0 Å². The quantitative estimate of drug-likeness (QED) is 0.734. The Kier molecular flexibility index (Phi) is 3.79. The number of rotatable bonds is 4. The van der Waals surface area contributed by atoms with Gasteiger partial charge in [0.05, 0.1) is 0 Å². The highest BCUT2D eigenvalue weighted by Crippen LogP contribution is 2.29. The van der Waals surface area contributed by atoms with Crippen LogP contribution in [0.3, 0.4) is 0 Å². The molecule has 0 aliphatic heterocycles. The van der Waals surface area contributed by atoms with E-state index in [4.69, 9.17) is 6.11 Å². The van der Waals surface area contributed by atoms with Crippen molar-refractivity contribution in [1.82, 2.24) is 0 Å². The van der Waals surface area contributed by atoms with Crippen molar-refractivity contribution in [3.05, 3.63) is 35.9 Å². The van der Waals surface area contributed by atoms with Gasteiger partial charge in [-0.15, -0.1) is 0 Å². The van der Waals surface area contributed by atoms with Crippen molar-refractivity contribution in [3.63, 3.8) is 0 Å². The summed E-state index contributed by atoms with van der Waals surface area (Å²) in [6.45, 7) is 7.13. The van der Waals surface area contributed by atoms with Gasteiger partial charge in [0.1, 0.15) is 0 Å². The monoisotopic (exact) mass is 207 g/mol. The largest absolute Gasteiger partial charge is 0.384 e. The minimum absolute atomic E-state index is 0.0816. The Hall–Kier alpha value is -0.820. The molecule has 1 heteroatoms. The number of hydrogen-bond donors (Lipinski definition) is 0. The van der Waals surface area contributed by atoms with Crippen LogP contribution >= 0.6 is 0 Å². The molecular weight excluding hydrogens is 184 g/mol. The van der Waals surface area contributed by atoms with Crippen LogP contribution < -0.4 is 0 Å². The Morgan fingerprint density at radius 3 is 2.33 bits per heavy atom. The molecule has 0 spiro atoms.